The third-order valence-corrected chi connectivity index (χ3v) is 6.24. The number of hydrogen-bond acceptors (Lipinski definition) is 3. The van der Waals surface area contributed by atoms with Crippen LogP contribution in [0.15, 0.2) is 42.5 Å². The molecule has 4 rings (SSSR count). The van der Waals surface area contributed by atoms with E-state index in [4.69, 9.17) is 11.6 Å². The molecule has 1 saturated heterocycles. The number of halogens is 4. The van der Waals surface area contributed by atoms with Gasteiger partial charge in [-0.15, -0.1) is 0 Å². The number of carbonyl (C=O) groups excluding carboxylic acids is 3. The van der Waals surface area contributed by atoms with Crippen LogP contribution in [0.5, 0.6) is 0 Å². The van der Waals surface area contributed by atoms with E-state index in [0.29, 0.717) is 28.4 Å². The Morgan fingerprint density at radius 1 is 1.00 bits per heavy atom. The molecule has 2 aliphatic heterocycles. The Morgan fingerprint density at radius 3 is 2.28 bits per heavy atom. The smallest absolute Gasteiger partial charge is 0.311 e. The van der Waals surface area contributed by atoms with E-state index in [0.717, 1.165) is 29.9 Å². The first-order valence-electron chi connectivity index (χ1n) is 10.2. The zero-order valence-corrected chi connectivity index (χ0v) is 18.0. The zero-order chi connectivity index (χ0) is 23.3. The van der Waals surface area contributed by atoms with Gasteiger partial charge in [-0.2, -0.15) is 13.2 Å². The molecule has 5 nitrogen and oxygen atoms in total. The quantitative estimate of drug-likeness (QED) is 0.476. The monoisotopic (exact) mass is 464 g/mol. The molecule has 0 aromatic heterocycles. The molecule has 0 bridgehead atoms. The molecule has 1 spiro atoms. The van der Waals surface area contributed by atoms with Gasteiger partial charge < -0.3 is 4.90 Å². The van der Waals surface area contributed by atoms with Crippen molar-refractivity contribution in [3.63, 3.8) is 0 Å². The van der Waals surface area contributed by atoms with E-state index in [2.05, 4.69) is 0 Å². The maximum atomic E-state index is 13.5. The van der Waals surface area contributed by atoms with Gasteiger partial charge in [0, 0.05) is 22.8 Å². The fourth-order valence-electron chi connectivity index (χ4n) is 4.34. The van der Waals surface area contributed by atoms with E-state index >= 15 is 0 Å². The average Bonchev–Trinajstić information content (AvgIpc) is 3.12. The lowest BCUT2D eigenvalue weighted by atomic mass is 9.80. The van der Waals surface area contributed by atoms with Crippen LogP contribution in [0.2, 0.25) is 5.02 Å². The van der Waals surface area contributed by atoms with Gasteiger partial charge in [-0.05, 0) is 42.3 Å². The highest BCUT2D eigenvalue weighted by Gasteiger charge is 2.63. The van der Waals surface area contributed by atoms with Gasteiger partial charge in [0.05, 0.1) is 18.5 Å². The third-order valence-electron chi connectivity index (χ3n) is 6.00. The van der Waals surface area contributed by atoms with Gasteiger partial charge in [-0.25, -0.2) is 0 Å². The summed E-state index contributed by atoms with van der Waals surface area (Å²) in [5.41, 5.74) is -1.18. The minimum Gasteiger partial charge on any atom is -0.311 e. The number of fused-ring (bicyclic) bond motifs is 2. The van der Waals surface area contributed by atoms with Gasteiger partial charge in [-0.1, -0.05) is 37.1 Å². The van der Waals surface area contributed by atoms with Gasteiger partial charge in [0.15, 0.2) is 5.41 Å². The number of carbonyl (C=O) groups is 3. The maximum absolute atomic E-state index is 13.5. The summed E-state index contributed by atoms with van der Waals surface area (Å²) in [7, 11) is 0. The first-order chi connectivity index (χ1) is 15.1. The van der Waals surface area contributed by atoms with Gasteiger partial charge in [0.2, 0.25) is 17.7 Å². The summed E-state index contributed by atoms with van der Waals surface area (Å²) in [6.45, 7) is 2.18. The Morgan fingerprint density at radius 2 is 1.66 bits per heavy atom. The lowest BCUT2D eigenvalue weighted by Crippen LogP contribution is -2.46. The number of amides is 3. The molecular formula is C23H20ClF3N2O3. The predicted octanol–water partition coefficient (Wildman–Crippen LogP) is 4.70. The lowest BCUT2D eigenvalue weighted by Gasteiger charge is -2.22. The Labute approximate surface area is 187 Å². The highest BCUT2D eigenvalue weighted by Crippen LogP contribution is 2.49. The maximum Gasteiger partial charge on any atom is 0.416 e. The number of likely N-dealkylation sites (tertiary alicyclic amines) is 1. The minimum absolute atomic E-state index is 0.213. The molecule has 3 amide bonds. The molecule has 9 heteroatoms. The van der Waals surface area contributed by atoms with Crippen molar-refractivity contribution in [2.45, 2.75) is 44.3 Å². The SMILES string of the molecule is CCCCN1C(=O)C2(CC(=O)N(Cc3ccc(C(F)(F)F)cc3)C2=O)c2cc(Cl)ccc21. The number of nitrogens with zero attached hydrogens (tertiary/aromatic N) is 2. The van der Waals surface area contributed by atoms with Crippen LogP contribution in [0.1, 0.15) is 42.9 Å². The number of alkyl halides is 3. The van der Waals surface area contributed by atoms with Crippen molar-refractivity contribution in [3.05, 3.63) is 64.2 Å². The molecular weight excluding hydrogens is 445 g/mol. The first kappa shape index (κ1) is 22.3. The molecule has 0 N–H and O–H groups in total. The zero-order valence-electron chi connectivity index (χ0n) is 17.2. The fourth-order valence-corrected chi connectivity index (χ4v) is 4.51. The molecule has 2 aromatic carbocycles. The Hall–Kier alpha value is -2.87. The Bertz CT molecular complexity index is 1100. The topological polar surface area (TPSA) is 57.7 Å². The van der Waals surface area contributed by atoms with Crippen LogP contribution in [0.4, 0.5) is 18.9 Å². The first-order valence-corrected chi connectivity index (χ1v) is 10.6. The number of unbranched alkanes of at least 4 members (excludes halogenated alkanes) is 1. The molecule has 168 valence electrons. The minimum atomic E-state index is -4.48. The van der Waals surface area contributed by atoms with E-state index in [-0.39, 0.29) is 13.0 Å². The van der Waals surface area contributed by atoms with Crippen molar-refractivity contribution in [1.82, 2.24) is 4.90 Å². The van der Waals surface area contributed by atoms with Crippen molar-refractivity contribution in [1.29, 1.82) is 0 Å². The summed E-state index contributed by atoms with van der Waals surface area (Å²) < 4.78 is 38.5. The molecule has 32 heavy (non-hydrogen) atoms. The average molecular weight is 465 g/mol. The number of hydrogen-bond donors (Lipinski definition) is 0. The highest BCUT2D eigenvalue weighted by atomic mass is 35.5. The third kappa shape index (κ3) is 3.46. The van der Waals surface area contributed by atoms with Crippen LogP contribution < -0.4 is 4.90 Å². The Kier molecular flexibility index (Phi) is 5.53. The van der Waals surface area contributed by atoms with Crippen LogP contribution >= 0.6 is 11.6 Å². The molecule has 2 heterocycles. The fraction of sp³-hybridized carbons (Fsp3) is 0.348. The van der Waals surface area contributed by atoms with Crippen LogP contribution in [0.25, 0.3) is 0 Å². The van der Waals surface area contributed by atoms with E-state index in [1.165, 1.54) is 17.0 Å². The summed E-state index contributed by atoms with van der Waals surface area (Å²) >= 11 is 6.16. The normalized spacial score (nSPS) is 20.6. The van der Waals surface area contributed by atoms with Gasteiger partial charge in [0.1, 0.15) is 0 Å². The predicted molar refractivity (Wildman–Crippen MR) is 112 cm³/mol. The van der Waals surface area contributed by atoms with Crippen molar-refractivity contribution < 1.29 is 27.6 Å². The lowest BCUT2D eigenvalue weighted by molar-refractivity contribution is -0.142. The summed E-state index contributed by atoms with van der Waals surface area (Å²) in [4.78, 5) is 42.3. The van der Waals surface area contributed by atoms with Gasteiger partial charge in [0.25, 0.3) is 0 Å². The molecule has 1 atom stereocenters. The number of rotatable bonds is 5. The summed E-state index contributed by atoms with van der Waals surface area (Å²) in [5, 5.41) is 0.342. The summed E-state index contributed by atoms with van der Waals surface area (Å²) in [5.74, 6) is -1.68. The molecule has 2 aromatic rings. The molecule has 1 fully saturated rings. The molecule has 1 unspecified atom stereocenters. The largest absolute Gasteiger partial charge is 0.416 e. The number of anilines is 1. The Balaban J connectivity index is 1.68. The van der Waals surface area contributed by atoms with Crippen molar-refractivity contribution >= 4 is 35.0 Å². The van der Waals surface area contributed by atoms with E-state index in [1.54, 1.807) is 18.2 Å². The highest BCUT2D eigenvalue weighted by molar-refractivity contribution is 6.32. The van der Waals surface area contributed by atoms with Crippen LogP contribution in [-0.2, 0) is 32.5 Å². The van der Waals surface area contributed by atoms with Crippen LogP contribution in [0.3, 0.4) is 0 Å². The van der Waals surface area contributed by atoms with E-state index in [9.17, 15) is 27.6 Å². The second kappa shape index (κ2) is 7.92. The molecule has 0 aliphatic carbocycles. The van der Waals surface area contributed by atoms with Crippen LogP contribution in [0, 0.1) is 0 Å². The van der Waals surface area contributed by atoms with Crippen LogP contribution in [-0.4, -0.2) is 29.2 Å². The summed E-state index contributed by atoms with van der Waals surface area (Å²) in [6, 6.07) is 9.11. The van der Waals surface area contributed by atoms with E-state index < -0.39 is 34.9 Å². The second-order valence-electron chi connectivity index (χ2n) is 8.03. The second-order valence-corrected chi connectivity index (χ2v) is 8.47. The van der Waals surface area contributed by atoms with Gasteiger partial charge in [-0.3, -0.25) is 19.3 Å². The molecule has 0 saturated carbocycles. The van der Waals surface area contributed by atoms with Crippen molar-refractivity contribution in [2.75, 3.05) is 11.4 Å². The summed E-state index contributed by atoms with van der Waals surface area (Å²) in [6.07, 6.45) is -3.25. The number of benzene rings is 2. The van der Waals surface area contributed by atoms with E-state index in [1.807, 2.05) is 6.92 Å². The number of imide groups is 1. The van der Waals surface area contributed by atoms with Crippen molar-refractivity contribution in [2.24, 2.45) is 0 Å². The molecule has 2 aliphatic rings. The standard InChI is InChI=1S/C23H20ClF3N2O3/c1-2-3-10-28-18-9-8-16(24)11-17(18)22(20(28)31)12-19(30)29(21(22)32)13-14-4-6-15(7-5-14)23(25,26)27/h4-9,11H,2-3,10,12-13H2,1H3. The van der Waals surface area contributed by atoms with Crippen molar-refractivity contribution in [3.8, 4) is 0 Å². The van der Waals surface area contributed by atoms with Gasteiger partial charge >= 0.3 is 6.18 Å². The molecule has 0 radical (unpaired) electrons.